The molecule has 0 spiro atoms. The molecule has 1 aliphatic rings. The van der Waals surface area contributed by atoms with Gasteiger partial charge in [-0.15, -0.1) is 0 Å². The summed E-state index contributed by atoms with van der Waals surface area (Å²) in [4.78, 5) is 3.28. The van der Waals surface area contributed by atoms with Crippen molar-refractivity contribution >= 4 is 39.0 Å². The number of nitrogens with zero attached hydrogens (tertiary/aromatic N) is 1. The number of piperidine rings is 1. The van der Waals surface area contributed by atoms with Crippen molar-refractivity contribution < 1.29 is 0 Å². The van der Waals surface area contributed by atoms with Crippen molar-refractivity contribution in [3.63, 3.8) is 0 Å². The second kappa shape index (κ2) is 6.89. The van der Waals surface area contributed by atoms with E-state index in [0.29, 0.717) is 0 Å². The summed E-state index contributed by atoms with van der Waals surface area (Å²) in [7, 11) is 0. The van der Waals surface area contributed by atoms with Crippen LogP contribution in [0, 0.1) is 0 Å². The van der Waals surface area contributed by atoms with Crippen LogP contribution in [0.5, 0.6) is 0 Å². The fraction of sp³-hybridized carbons (Fsp3) is 0.500. The van der Waals surface area contributed by atoms with E-state index in [1.165, 1.54) is 31.5 Å². The highest BCUT2D eigenvalue weighted by atomic mass is 79.9. The number of rotatable bonds is 2. The third kappa shape index (κ3) is 4.43. The van der Waals surface area contributed by atoms with Crippen LogP contribution in [0.3, 0.4) is 0 Å². The van der Waals surface area contributed by atoms with Crippen LogP contribution in [0.1, 0.15) is 18.4 Å². The molecule has 1 heterocycles. The number of hydrogen-bond acceptors (Lipinski definition) is 1. The first kappa shape index (κ1) is 13.5. The molecule has 0 unspecified atom stereocenters. The molecule has 1 nitrogen and oxygen atoms in total. The monoisotopic (exact) mass is 279 g/mol. The van der Waals surface area contributed by atoms with Gasteiger partial charge in [-0.05, 0) is 31.5 Å². The lowest BCUT2D eigenvalue weighted by molar-refractivity contribution is 0.226. The summed E-state index contributed by atoms with van der Waals surface area (Å²) >= 11 is 3.67. The molecule has 1 fully saturated rings. The van der Waals surface area contributed by atoms with Gasteiger partial charge >= 0.3 is 23.1 Å². The van der Waals surface area contributed by atoms with Gasteiger partial charge in [-0.25, -0.2) is 0 Å². The molecule has 80 valence electrons. The van der Waals surface area contributed by atoms with Gasteiger partial charge in [0.05, 0.1) is 0 Å². The highest BCUT2D eigenvalue weighted by molar-refractivity contribution is 9.09. The first-order valence-electron chi connectivity index (χ1n) is 5.25. The quantitative estimate of drug-likeness (QED) is 0.592. The number of benzene rings is 1. The number of alkyl halides is 1. The second-order valence-electron chi connectivity index (χ2n) is 3.94. The van der Waals surface area contributed by atoms with Crippen LogP contribution in [-0.2, 0) is 6.54 Å². The maximum absolute atomic E-state index is 3.67. The number of hydrogen-bond donors (Lipinski definition) is 0. The van der Waals surface area contributed by atoms with E-state index in [9.17, 15) is 0 Å². The lowest BCUT2D eigenvalue weighted by Crippen LogP contribution is -2.33. The zero-order valence-corrected chi connectivity index (χ0v) is 9.91. The fourth-order valence-electron chi connectivity index (χ4n) is 1.90. The Kier molecular flexibility index (Phi) is 6.20. The van der Waals surface area contributed by atoms with E-state index in [2.05, 4.69) is 51.2 Å². The molecular weight excluding hydrogens is 262 g/mol. The smallest absolute Gasteiger partial charge is 0.299 e. The van der Waals surface area contributed by atoms with Gasteiger partial charge in [-0.2, -0.15) is 0 Å². The molecule has 0 atom stereocenters. The molecule has 1 saturated heterocycles. The molecule has 0 amide bonds. The molecule has 0 N–H and O–H groups in total. The molecule has 0 bridgehead atoms. The minimum Gasteiger partial charge on any atom is -0.299 e. The second-order valence-corrected chi connectivity index (χ2v) is 5.23. The average molecular weight is 280 g/mol. The minimum atomic E-state index is 0. The summed E-state index contributed by atoms with van der Waals surface area (Å²) in [6, 6.07) is 10.7. The summed E-state index contributed by atoms with van der Waals surface area (Å²) in [5.41, 5.74) is 1.43. The van der Waals surface area contributed by atoms with E-state index in [-0.39, 0.29) is 23.1 Å². The Balaban J connectivity index is 0.00000112. The number of halogens is 1. The standard InChI is InChI=1S/C12H16BrN.Mg.2H/c13-12-6-8-14(9-7-12)10-11-4-2-1-3-5-11;;;/h1-5,12H,6-10H2;;;. The van der Waals surface area contributed by atoms with Gasteiger partial charge in [0.15, 0.2) is 0 Å². The Morgan fingerprint density at radius 3 is 2.33 bits per heavy atom. The van der Waals surface area contributed by atoms with Crippen LogP contribution in [-0.4, -0.2) is 45.9 Å². The van der Waals surface area contributed by atoms with E-state index < -0.39 is 0 Å². The van der Waals surface area contributed by atoms with E-state index in [0.717, 1.165) is 11.4 Å². The summed E-state index contributed by atoms with van der Waals surface area (Å²) in [5.74, 6) is 0. The van der Waals surface area contributed by atoms with Crippen molar-refractivity contribution in [1.29, 1.82) is 0 Å². The van der Waals surface area contributed by atoms with Crippen molar-refractivity contribution in [1.82, 2.24) is 4.90 Å². The van der Waals surface area contributed by atoms with Gasteiger partial charge in [0.1, 0.15) is 0 Å². The molecule has 1 aliphatic heterocycles. The number of likely N-dealkylation sites (tertiary alicyclic amines) is 1. The molecule has 1 aromatic carbocycles. The van der Waals surface area contributed by atoms with Crippen molar-refractivity contribution in [3.05, 3.63) is 35.9 Å². The first-order chi connectivity index (χ1) is 6.84. The zero-order valence-electron chi connectivity index (χ0n) is 8.32. The molecule has 15 heavy (non-hydrogen) atoms. The Morgan fingerprint density at radius 1 is 1.13 bits per heavy atom. The third-order valence-corrected chi connectivity index (χ3v) is 3.68. The summed E-state index contributed by atoms with van der Waals surface area (Å²) in [5, 5.41) is 0. The lowest BCUT2D eigenvalue weighted by Gasteiger charge is -2.29. The van der Waals surface area contributed by atoms with Gasteiger partial charge in [0.2, 0.25) is 0 Å². The molecular formula is C12H18BrMgN. The summed E-state index contributed by atoms with van der Waals surface area (Å²) in [6.07, 6.45) is 2.57. The largest absolute Gasteiger partial charge is 0.316 e. The van der Waals surface area contributed by atoms with Crippen LogP contribution < -0.4 is 0 Å². The van der Waals surface area contributed by atoms with E-state index >= 15 is 0 Å². The molecule has 0 radical (unpaired) electrons. The maximum atomic E-state index is 3.67. The van der Waals surface area contributed by atoms with Crippen molar-refractivity contribution in [2.45, 2.75) is 24.2 Å². The van der Waals surface area contributed by atoms with Crippen molar-refractivity contribution in [2.75, 3.05) is 13.1 Å². The predicted octanol–water partition coefficient (Wildman–Crippen LogP) is 2.13. The highest BCUT2D eigenvalue weighted by Gasteiger charge is 2.16. The predicted molar refractivity (Wildman–Crippen MR) is 72.2 cm³/mol. The minimum absolute atomic E-state index is 0. The van der Waals surface area contributed by atoms with E-state index in [1.54, 1.807) is 0 Å². The summed E-state index contributed by atoms with van der Waals surface area (Å²) < 4.78 is 0. The molecule has 0 aromatic heterocycles. The topological polar surface area (TPSA) is 3.24 Å². The maximum Gasteiger partial charge on any atom is 0.316 e. The van der Waals surface area contributed by atoms with Gasteiger partial charge in [-0.1, -0.05) is 46.3 Å². The van der Waals surface area contributed by atoms with Gasteiger partial charge < -0.3 is 0 Å². The van der Waals surface area contributed by atoms with Crippen LogP contribution in [0.15, 0.2) is 30.3 Å². The average Bonchev–Trinajstić information content (AvgIpc) is 2.23. The van der Waals surface area contributed by atoms with Gasteiger partial charge in [0, 0.05) is 11.4 Å². The lowest BCUT2D eigenvalue weighted by atomic mass is 10.1. The Hall–Kier alpha value is 0.426. The normalized spacial score (nSPS) is 18.5. The molecule has 1 aromatic rings. The van der Waals surface area contributed by atoms with Crippen LogP contribution in [0.25, 0.3) is 0 Å². The molecule has 3 heteroatoms. The highest BCUT2D eigenvalue weighted by Crippen LogP contribution is 2.18. The molecule has 0 saturated carbocycles. The van der Waals surface area contributed by atoms with Crippen LogP contribution in [0.4, 0.5) is 0 Å². The van der Waals surface area contributed by atoms with Crippen LogP contribution in [0.2, 0.25) is 0 Å². The van der Waals surface area contributed by atoms with Gasteiger partial charge in [0.25, 0.3) is 0 Å². The Bertz CT molecular complexity index is 270. The van der Waals surface area contributed by atoms with Gasteiger partial charge in [-0.3, -0.25) is 4.90 Å². The fourth-order valence-corrected chi connectivity index (χ4v) is 2.31. The Morgan fingerprint density at radius 2 is 1.73 bits per heavy atom. The van der Waals surface area contributed by atoms with E-state index in [1.807, 2.05) is 0 Å². The summed E-state index contributed by atoms with van der Waals surface area (Å²) in [6.45, 7) is 3.57. The first-order valence-corrected chi connectivity index (χ1v) is 6.16. The van der Waals surface area contributed by atoms with E-state index in [4.69, 9.17) is 0 Å². The Labute approximate surface area is 117 Å². The van der Waals surface area contributed by atoms with Crippen molar-refractivity contribution in [2.24, 2.45) is 0 Å². The van der Waals surface area contributed by atoms with Crippen LogP contribution >= 0.6 is 15.9 Å². The molecule has 2 rings (SSSR count). The molecule has 0 aliphatic carbocycles. The van der Waals surface area contributed by atoms with Crippen molar-refractivity contribution in [3.8, 4) is 0 Å². The SMILES string of the molecule is BrC1CCN(Cc2ccccc2)CC1.[MgH2]. The third-order valence-electron chi connectivity index (χ3n) is 2.77. The zero-order chi connectivity index (χ0) is 9.80.